The molecule has 1 aliphatic rings. The van der Waals surface area contributed by atoms with Gasteiger partial charge in [0.1, 0.15) is 5.41 Å². The van der Waals surface area contributed by atoms with Crippen molar-refractivity contribution in [2.24, 2.45) is 0 Å². The number of hydrogen-bond acceptors (Lipinski definition) is 3. The van der Waals surface area contributed by atoms with Gasteiger partial charge in [-0.05, 0) is 68.4 Å². The highest BCUT2D eigenvalue weighted by Crippen LogP contribution is 2.49. The Hall–Kier alpha value is -2.66. The van der Waals surface area contributed by atoms with Gasteiger partial charge in [-0.25, -0.2) is 10.0 Å². The predicted molar refractivity (Wildman–Crippen MR) is 132 cm³/mol. The Morgan fingerprint density at radius 1 is 0.875 bits per heavy atom. The highest BCUT2D eigenvalue weighted by atomic mass is 35.5. The molecule has 0 saturated carbocycles. The summed E-state index contributed by atoms with van der Waals surface area (Å²) in [6.45, 7) is 1.55. The predicted octanol–water partition coefficient (Wildman–Crippen LogP) is 5.36. The second kappa shape index (κ2) is 9.45. The van der Waals surface area contributed by atoms with Gasteiger partial charge in [-0.15, -0.1) is 0 Å². The molecule has 0 aliphatic carbocycles. The van der Waals surface area contributed by atoms with E-state index < -0.39 is 5.41 Å². The molecule has 0 aromatic heterocycles. The summed E-state index contributed by atoms with van der Waals surface area (Å²) in [5.41, 5.74) is 3.51. The summed E-state index contributed by atoms with van der Waals surface area (Å²) in [6, 6.07) is 26.3. The molecule has 0 spiro atoms. The summed E-state index contributed by atoms with van der Waals surface area (Å²) >= 11 is 6.06. The number of amides is 1. The lowest BCUT2D eigenvalue weighted by atomic mass is 9.72. The van der Waals surface area contributed by atoms with Crippen LogP contribution < -0.4 is 5.01 Å². The van der Waals surface area contributed by atoms with Crippen molar-refractivity contribution < 1.29 is 4.79 Å². The lowest BCUT2D eigenvalue weighted by molar-refractivity contribution is -0.124. The Morgan fingerprint density at radius 2 is 1.53 bits per heavy atom. The minimum atomic E-state index is -0.692. The Kier molecular flexibility index (Phi) is 6.66. The molecule has 0 saturated heterocycles. The molecule has 4 nitrogen and oxygen atoms in total. The zero-order chi connectivity index (χ0) is 22.7. The number of halogens is 1. The minimum absolute atomic E-state index is 0.111. The van der Waals surface area contributed by atoms with Crippen molar-refractivity contribution in [2.45, 2.75) is 24.8 Å². The normalized spacial score (nSPS) is 17.9. The van der Waals surface area contributed by atoms with Crippen molar-refractivity contribution in [3.8, 4) is 0 Å². The standard InChI is InChI=1S/C27H30ClN3O/c1-29(2)19-9-18-27(22-10-5-4-6-11-22)24-12-7-8-13-25(24)31(26(27)32)30(3)20-21-14-16-23(28)17-15-21/h4-8,10-17H,9,18-20H2,1-3H3/t27-/m0/s1. The van der Waals surface area contributed by atoms with Gasteiger partial charge in [-0.2, -0.15) is 0 Å². The molecule has 0 fully saturated rings. The first-order chi connectivity index (χ1) is 15.4. The van der Waals surface area contributed by atoms with Crippen molar-refractivity contribution >= 4 is 23.2 Å². The van der Waals surface area contributed by atoms with Crippen LogP contribution in [0.2, 0.25) is 5.02 Å². The first-order valence-electron chi connectivity index (χ1n) is 11.0. The number of carbonyl (C=O) groups is 1. The molecule has 3 aromatic rings. The van der Waals surface area contributed by atoms with Gasteiger partial charge < -0.3 is 4.90 Å². The molecule has 4 rings (SSSR count). The maximum absolute atomic E-state index is 14.3. The first kappa shape index (κ1) is 22.5. The molecular weight excluding hydrogens is 418 g/mol. The van der Waals surface area contributed by atoms with Crippen LogP contribution in [0.15, 0.2) is 78.9 Å². The monoisotopic (exact) mass is 447 g/mol. The number of hydrogen-bond donors (Lipinski definition) is 0. The van der Waals surface area contributed by atoms with E-state index in [9.17, 15) is 4.79 Å². The van der Waals surface area contributed by atoms with E-state index in [1.54, 1.807) is 0 Å². The first-order valence-corrected chi connectivity index (χ1v) is 11.4. The Balaban J connectivity index is 1.76. The lowest BCUT2D eigenvalue weighted by Crippen LogP contribution is -2.48. The van der Waals surface area contributed by atoms with Crippen molar-refractivity contribution in [1.29, 1.82) is 0 Å². The smallest absolute Gasteiger partial charge is 0.256 e. The van der Waals surface area contributed by atoms with Crippen molar-refractivity contribution in [2.75, 3.05) is 32.7 Å². The minimum Gasteiger partial charge on any atom is -0.309 e. The van der Waals surface area contributed by atoms with Gasteiger partial charge in [0.15, 0.2) is 0 Å². The highest BCUT2D eigenvalue weighted by Gasteiger charge is 2.52. The fourth-order valence-electron chi connectivity index (χ4n) is 4.74. The summed E-state index contributed by atoms with van der Waals surface area (Å²) in [6.07, 6.45) is 1.69. The van der Waals surface area contributed by atoms with Crippen molar-refractivity contribution in [3.05, 3.63) is 101 Å². The van der Waals surface area contributed by atoms with E-state index in [1.807, 2.05) is 71.7 Å². The van der Waals surface area contributed by atoms with Crippen LogP contribution in [0.1, 0.15) is 29.5 Å². The molecule has 166 valence electrons. The molecule has 0 radical (unpaired) electrons. The molecule has 0 bridgehead atoms. The maximum Gasteiger partial charge on any atom is 0.256 e. The number of hydrazine groups is 1. The summed E-state index contributed by atoms with van der Waals surface area (Å²) in [5, 5.41) is 4.59. The molecule has 32 heavy (non-hydrogen) atoms. The van der Waals surface area contributed by atoms with Crippen molar-refractivity contribution in [3.63, 3.8) is 0 Å². The second-order valence-corrected chi connectivity index (χ2v) is 9.19. The third-order valence-corrected chi connectivity index (χ3v) is 6.49. The van der Waals surface area contributed by atoms with Gasteiger partial charge in [-0.1, -0.05) is 72.3 Å². The van der Waals surface area contributed by atoms with Crippen LogP contribution in [-0.4, -0.2) is 43.5 Å². The average Bonchev–Trinajstić information content (AvgIpc) is 3.04. The number of nitrogens with zero attached hydrogens (tertiary/aromatic N) is 3. The van der Waals surface area contributed by atoms with Gasteiger partial charge >= 0.3 is 0 Å². The number of carbonyl (C=O) groups excluding carboxylic acids is 1. The average molecular weight is 448 g/mol. The molecule has 0 unspecified atom stereocenters. The number of rotatable bonds is 8. The molecular formula is C27H30ClN3O. The zero-order valence-corrected chi connectivity index (χ0v) is 19.7. The number of benzene rings is 3. The molecule has 1 atom stereocenters. The van der Waals surface area contributed by atoms with E-state index in [1.165, 1.54) is 0 Å². The van der Waals surface area contributed by atoms with Crippen LogP contribution in [0.3, 0.4) is 0 Å². The van der Waals surface area contributed by atoms with E-state index in [4.69, 9.17) is 11.6 Å². The largest absolute Gasteiger partial charge is 0.309 e. The van der Waals surface area contributed by atoms with Gasteiger partial charge in [0, 0.05) is 18.6 Å². The van der Waals surface area contributed by atoms with E-state index in [0.717, 1.165) is 41.8 Å². The lowest BCUT2D eigenvalue weighted by Gasteiger charge is -2.33. The van der Waals surface area contributed by atoms with Gasteiger partial charge in [-0.3, -0.25) is 4.79 Å². The maximum atomic E-state index is 14.3. The third-order valence-electron chi connectivity index (χ3n) is 6.24. The molecule has 1 heterocycles. The fourth-order valence-corrected chi connectivity index (χ4v) is 4.86. The van der Waals surface area contributed by atoms with Crippen LogP contribution >= 0.6 is 11.6 Å². The van der Waals surface area contributed by atoms with E-state index in [-0.39, 0.29) is 5.91 Å². The number of fused-ring (bicyclic) bond motifs is 1. The SMILES string of the molecule is CN(C)CCC[C@@]1(c2ccccc2)C(=O)N(N(C)Cc2ccc(Cl)cc2)c2ccccc21. The van der Waals surface area contributed by atoms with Gasteiger partial charge in [0.2, 0.25) is 0 Å². The molecule has 5 heteroatoms. The van der Waals surface area contributed by atoms with Gasteiger partial charge in [0.25, 0.3) is 5.91 Å². The van der Waals surface area contributed by atoms with Gasteiger partial charge in [0.05, 0.1) is 5.69 Å². The van der Waals surface area contributed by atoms with Crippen LogP contribution in [0, 0.1) is 0 Å². The Labute approximate surface area is 196 Å². The van der Waals surface area contributed by atoms with Crippen LogP contribution in [-0.2, 0) is 16.8 Å². The number of anilines is 1. The van der Waals surface area contributed by atoms with E-state index >= 15 is 0 Å². The summed E-state index contributed by atoms with van der Waals surface area (Å²) < 4.78 is 0. The fraction of sp³-hybridized carbons (Fsp3) is 0.296. The summed E-state index contributed by atoms with van der Waals surface area (Å²) in [7, 11) is 6.13. The number of para-hydroxylation sites is 1. The quantitative estimate of drug-likeness (QED) is 0.465. The third kappa shape index (κ3) is 4.18. The second-order valence-electron chi connectivity index (χ2n) is 8.75. The van der Waals surface area contributed by atoms with Crippen LogP contribution in [0.25, 0.3) is 0 Å². The Morgan fingerprint density at radius 3 is 2.22 bits per heavy atom. The topological polar surface area (TPSA) is 26.8 Å². The molecule has 0 N–H and O–H groups in total. The summed E-state index contributed by atoms with van der Waals surface area (Å²) in [5.74, 6) is 0.111. The zero-order valence-electron chi connectivity index (χ0n) is 19.0. The highest BCUT2D eigenvalue weighted by molar-refractivity contribution is 6.30. The molecule has 1 amide bonds. The Bertz CT molecular complexity index is 1070. The van der Waals surface area contributed by atoms with Crippen molar-refractivity contribution in [1.82, 2.24) is 9.91 Å². The molecule has 1 aliphatic heterocycles. The van der Waals surface area contributed by atoms with Crippen LogP contribution in [0.5, 0.6) is 0 Å². The van der Waals surface area contributed by atoms with Crippen LogP contribution in [0.4, 0.5) is 5.69 Å². The van der Waals surface area contributed by atoms with E-state index in [2.05, 4.69) is 43.3 Å². The summed E-state index contributed by atoms with van der Waals surface area (Å²) in [4.78, 5) is 16.5. The molecule has 3 aromatic carbocycles. The van der Waals surface area contributed by atoms with E-state index in [0.29, 0.717) is 11.6 Å².